The van der Waals surface area contributed by atoms with Gasteiger partial charge in [0.2, 0.25) is 0 Å². The Morgan fingerprint density at radius 3 is 2.64 bits per heavy atom. The fourth-order valence-corrected chi connectivity index (χ4v) is 2.63. The first-order valence-corrected chi connectivity index (χ1v) is 5.97. The van der Waals surface area contributed by atoms with Gasteiger partial charge in [0.25, 0.3) is 0 Å². The van der Waals surface area contributed by atoms with Gasteiger partial charge in [0.1, 0.15) is 0 Å². The molecule has 0 bridgehead atoms. The summed E-state index contributed by atoms with van der Waals surface area (Å²) in [7, 11) is 0. The molecule has 1 aliphatic carbocycles. The minimum absolute atomic E-state index is 0.209. The molecule has 0 saturated heterocycles. The highest BCUT2D eigenvalue weighted by Crippen LogP contribution is 2.38. The Morgan fingerprint density at radius 1 is 1.50 bits per heavy atom. The molecule has 2 nitrogen and oxygen atoms in total. The maximum atomic E-state index is 10.5. The summed E-state index contributed by atoms with van der Waals surface area (Å²) in [5.74, 6) is 0.962. The van der Waals surface area contributed by atoms with Gasteiger partial charge in [0.15, 0.2) is 0 Å². The van der Waals surface area contributed by atoms with Gasteiger partial charge in [-0.25, -0.2) is 0 Å². The van der Waals surface area contributed by atoms with Crippen LogP contribution in [0.2, 0.25) is 0 Å². The number of nitrogens with two attached hydrogens (primary N) is 1. The van der Waals surface area contributed by atoms with E-state index in [-0.39, 0.29) is 6.04 Å². The molecule has 0 aliphatic heterocycles. The van der Waals surface area contributed by atoms with Crippen molar-refractivity contribution in [3.8, 4) is 0 Å². The van der Waals surface area contributed by atoms with Gasteiger partial charge in [-0.15, -0.1) is 0 Å². The first-order valence-electron chi connectivity index (χ1n) is 5.97. The first-order chi connectivity index (χ1) is 6.49. The largest absolute Gasteiger partial charge is 0.390 e. The van der Waals surface area contributed by atoms with Gasteiger partial charge >= 0.3 is 0 Å². The molecule has 1 aliphatic rings. The number of rotatable bonds is 3. The molecule has 14 heavy (non-hydrogen) atoms. The lowest BCUT2D eigenvalue weighted by Gasteiger charge is -2.42. The topological polar surface area (TPSA) is 46.2 Å². The molecule has 1 saturated carbocycles. The Hall–Kier alpha value is -0.0800. The summed E-state index contributed by atoms with van der Waals surface area (Å²) in [6.45, 7) is 6.59. The normalized spacial score (nSPS) is 37.9. The van der Waals surface area contributed by atoms with Crippen LogP contribution in [0.3, 0.4) is 0 Å². The Bertz CT molecular complexity index is 183. The second-order valence-corrected chi connectivity index (χ2v) is 5.13. The van der Waals surface area contributed by atoms with E-state index in [1.807, 2.05) is 0 Å². The van der Waals surface area contributed by atoms with Crippen LogP contribution in [0.25, 0.3) is 0 Å². The van der Waals surface area contributed by atoms with Crippen LogP contribution in [0.1, 0.15) is 52.9 Å². The van der Waals surface area contributed by atoms with Gasteiger partial charge < -0.3 is 10.8 Å². The van der Waals surface area contributed by atoms with Crippen molar-refractivity contribution in [2.75, 3.05) is 0 Å². The van der Waals surface area contributed by atoms with Crippen LogP contribution in [0.5, 0.6) is 0 Å². The molecule has 0 aromatic rings. The predicted octanol–water partition coefficient (Wildman–Crippen LogP) is 2.30. The molecule has 84 valence electrons. The number of hydrogen-bond acceptors (Lipinski definition) is 2. The summed E-state index contributed by atoms with van der Waals surface area (Å²) < 4.78 is 0. The highest BCUT2D eigenvalue weighted by Gasteiger charge is 2.39. The van der Waals surface area contributed by atoms with Crippen molar-refractivity contribution in [1.29, 1.82) is 0 Å². The third-order valence-corrected chi connectivity index (χ3v) is 4.15. The van der Waals surface area contributed by atoms with Gasteiger partial charge in [-0.3, -0.25) is 0 Å². The molecule has 4 atom stereocenters. The van der Waals surface area contributed by atoms with Crippen LogP contribution >= 0.6 is 0 Å². The van der Waals surface area contributed by atoms with Gasteiger partial charge in [-0.05, 0) is 37.5 Å². The van der Waals surface area contributed by atoms with E-state index in [4.69, 9.17) is 5.73 Å². The van der Waals surface area contributed by atoms with E-state index in [1.54, 1.807) is 0 Å². The fourth-order valence-electron chi connectivity index (χ4n) is 2.63. The molecule has 1 fully saturated rings. The summed E-state index contributed by atoms with van der Waals surface area (Å²) in [5.41, 5.74) is 5.44. The molecular formula is C12H25NO. The summed E-state index contributed by atoms with van der Waals surface area (Å²) >= 11 is 0. The molecule has 0 radical (unpaired) electrons. The zero-order valence-electron chi connectivity index (χ0n) is 9.79. The summed E-state index contributed by atoms with van der Waals surface area (Å²) in [6, 6.07) is 0.209. The van der Waals surface area contributed by atoms with Crippen molar-refractivity contribution in [2.24, 2.45) is 17.6 Å². The Balaban J connectivity index is 2.62. The van der Waals surface area contributed by atoms with Crippen LogP contribution < -0.4 is 5.73 Å². The number of aliphatic hydroxyl groups is 1. The lowest BCUT2D eigenvalue weighted by molar-refractivity contribution is -0.0657. The van der Waals surface area contributed by atoms with E-state index < -0.39 is 5.60 Å². The van der Waals surface area contributed by atoms with Gasteiger partial charge in [-0.1, -0.05) is 27.2 Å². The van der Waals surface area contributed by atoms with Crippen molar-refractivity contribution in [3.63, 3.8) is 0 Å². The summed E-state index contributed by atoms with van der Waals surface area (Å²) in [6.07, 6.45) is 5.03. The fraction of sp³-hybridized carbons (Fsp3) is 1.00. The average Bonchev–Trinajstić information content (AvgIpc) is 2.15. The zero-order chi connectivity index (χ0) is 10.8. The maximum Gasteiger partial charge on any atom is 0.0690 e. The van der Waals surface area contributed by atoms with Crippen LogP contribution in [-0.2, 0) is 0 Å². The van der Waals surface area contributed by atoms with Gasteiger partial charge in [0, 0.05) is 6.04 Å². The molecule has 2 heteroatoms. The maximum absolute atomic E-state index is 10.5. The van der Waals surface area contributed by atoms with Crippen molar-refractivity contribution in [3.05, 3.63) is 0 Å². The SMILES string of the molecule is CCC(C)C(C)C1(O)CCCC(N)C1. The van der Waals surface area contributed by atoms with Crippen LogP contribution in [0.4, 0.5) is 0 Å². The minimum atomic E-state index is -0.493. The standard InChI is InChI=1S/C12H25NO/c1-4-9(2)10(3)12(14)7-5-6-11(13)8-12/h9-11,14H,4-8,13H2,1-3H3. The molecule has 0 aromatic carbocycles. The second-order valence-electron chi connectivity index (χ2n) is 5.13. The molecule has 0 aromatic heterocycles. The van der Waals surface area contributed by atoms with Crippen LogP contribution in [0, 0.1) is 11.8 Å². The highest BCUT2D eigenvalue weighted by atomic mass is 16.3. The molecular weight excluding hydrogens is 174 g/mol. The van der Waals surface area contributed by atoms with Crippen LogP contribution in [0.15, 0.2) is 0 Å². The highest BCUT2D eigenvalue weighted by molar-refractivity contribution is 4.93. The van der Waals surface area contributed by atoms with E-state index in [1.165, 1.54) is 0 Å². The smallest absolute Gasteiger partial charge is 0.0690 e. The van der Waals surface area contributed by atoms with E-state index in [9.17, 15) is 5.11 Å². The Labute approximate surface area is 87.9 Å². The molecule has 0 spiro atoms. The molecule has 4 unspecified atom stereocenters. The van der Waals surface area contributed by atoms with E-state index >= 15 is 0 Å². The van der Waals surface area contributed by atoms with E-state index in [0.29, 0.717) is 11.8 Å². The van der Waals surface area contributed by atoms with Gasteiger partial charge in [-0.2, -0.15) is 0 Å². The molecule has 0 amide bonds. The third kappa shape index (κ3) is 2.48. The van der Waals surface area contributed by atoms with Crippen molar-refractivity contribution in [2.45, 2.75) is 64.5 Å². The molecule has 1 rings (SSSR count). The summed E-state index contributed by atoms with van der Waals surface area (Å²) in [5, 5.41) is 10.5. The lowest BCUT2D eigenvalue weighted by atomic mass is 9.70. The van der Waals surface area contributed by atoms with E-state index in [0.717, 1.165) is 32.1 Å². The lowest BCUT2D eigenvalue weighted by Crippen LogP contribution is -2.47. The van der Waals surface area contributed by atoms with Crippen molar-refractivity contribution in [1.82, 2.24) is 0 Å². The van der Waals surface area contributed by atoms with Crippen molar-refractivity contribution < 1.29 is 5.11 Å². The molecule has 3 N–H and O–H groups in total. The van der Waals surface area contributed by atoms with Crippen molar-refractivity contribution >= 4 is 0 Å². The quantitative estimate of drug-likeness (QED) is 0.732. The molecule has 0 heterocycles. The van der Waals surface area contributed by atoms with E-state index in [2.05, 4.69) is 20.8 Å². The first kappa shape index (κ1) is 12.0. The Kier molecular flexibility index (Phi) is 3.96. The minimum Gasteiger partial charge on any atom is -0.390 e. The third-order valence-electron chi connectivity index (χ3n) is 4.15. The second kappa shape index (κ2) is 4.63. The average molecular weight is 199 g/mol. The predicted molar refractivity (Wildman–Crippen MR) is 60.0 cm³/mol. The monoisotopic (exact) mass is 199 g/mol. The summed E-state index contributed by atoms with van der Waals surface area (Å²) in [4.78, 5) is 0. The van der Waals surface area contributed by atoms with Gasteiger partial charge in [0.05, 0.1) is 5.60 Å². The van der Waals surface area contributed by atoms with Crippen LogP contribution in [-0.4, -0.2) is 16.7 Å². The zero-order valence-corrected chi connectivity index (χ0v) is 9.79. The Morgan fingerprint density at radius 2 is 2.14 bits per heavy atom. The number of hydrogen-bond donors (Lipinski definition) is 2.